The molecule has 0 bridgehead atoms. The molecule has 1 saturated heterocycles. The Morgan fingerprint density at radius 3 is 3.40 bits per heavy atom. The largest absolute Gasteiger partial charge is 0.298 e. The van der Waals surface area contributed by atoms with E-state index in [2.05, 4.69) is 9.89 Å². The summed E-state index contributed by atoms with van der Waals surface area (Å²) in [5.41, 5.74) is 0. The zero-order chi connectivity index (χ0) is 6.97. The first-order chi connectivity index (χ1) is 4.86. The number of carbonyl (C=O) groups is 1. The minimum atomic E-state index is 0.334. The number of hydrogen-bond acceptors (Lipinski definition) is 3. The SMILES string of the molecule is O=C1CC2C=NCCN2C1. The van der Waals surface area contributed by atoms with Crippen molar-refractivity contribution < 1.29 is 4.79 Å². The highest BCUT2D eigenvalue weighted by Crippen LogP contribution is 2.14. The lowest BCUT2D eigenvalue weighted by atomic mass is 10.2. The van der Waals surface area contributed by atoms with Gasteiger partial charge in [0.25, 0.3) is 0 Å². The molecule has 3 heteroatoms. The molecule has 1 fully saturated rings. The van der Waals surface area contributed by atoms with Crippen molar-refractivity contribution >= 4 is 12.0 Å². The van der Waals surface area contributed by atoms with E-state index in [9.17, 15) is 4.79 Å². The van der Waals surface area contributed by atoms with Crippen LogP contribution in [-0.2, 0) is 4.79 Å². The van der Waals surface area contributed by atoms with Gasteiger partial charge in [0.05, 0.1) is 19.1 Å². The van der Waals surface area contributed by atoms with Gasteiger partial charge in [-0.25, -0.2) is 0 Å². The van der Waals surface area contributed by atoms with Gasteiger partial charge >= 0.3 is 0 Å². The molecule has 0 aromatic rings. The van der Waals surface area contributed by atoms with Crippen LogP contribution in [0.4, 0.5) is 0 Å². The molecular weight excluding hydrogens is 128 g/mol. The van der Waals surface area contributed by atoms with Crippen molar-refractivity contribution in [1.82, 2.24) is 4.90 Å². The van der Waals surface area contributed by atoms with Crippen molar-refractivity contribution in [2.24, 2.45) is 4.99 Å². The van der Waals surface area contributed by atoms with E-state index >= 15 is 0 Å². The summed E-state index contributed by atoms with van der Waals surface area (Å²) in [7, 11) is 0. The maximum absolute atomic E-state index is 10.9. The van der Waals surface area contributed by atoms with Crippen LogP contribution in [-0.4, -0.2) is 42.6 Å². The summed E-state index contributed by atoms with van der Waals surface area (Å²) in [5.74, 6) is 0.360. The van der Waals surface area contributed by atoms with Crippen molar-refractivity contribution in [2.75, 3.05) is 19.6 Å². The van der Waals surface area contributed by atoms with Gasteiger partial charge in [-0.2, -0.15) is 0 Å². The van der Waals surface area contributed by atoms with Crippen LogP contribution in [0.2, 0.25) is 0 Å². The topological polar surface area (TPSA) is 32.7 Å². The van der Waals surface area contributed by atoms with Crippen LogP contribution in [0.1, 0.15) is 6.42 Å². The van der Waals surface area contributed by atoms with E-state index in [4.69, 9.17) is 0 Å². The molecule has 0 aromatic carbocycles. The maximum atomic E-state index is 10.9. The van der Waals surface area contributed by atoms with Gasteiger partial charge in [-0.3, -0.25) is 14.7 Å². The molecule has 1 unspecified atom stereocenters. The van der Waals surface area contributed by atoms with E-state index in [0.29, 0.717) is 24.8 Å². The summed E-state index contributed by atoms with van der Waals surface area (Å²) in [4.78, 5) is 17.2. The quantitative estimate of drug-likeness (QED) is 0.461. The van der Waals surface area contributed by atoms with Crippen molar-refractivity contribution in [2.45, 2.75) is 12.5 Å². The number of ketones is 1. The first-order valence-electron chi connectivity index (χ1n) is 3.62. The Kier molecular flexibility index (Phi) is 1.31. The molecule has 2 aliphatic heterocycles. The fourth-order valence-electron chi connectivity index (χ4n) is 1.54. The summed E-state index contributed by atoms with van der Waals surface area (Å²) in [5, 5.41) is 0. The van der Waals surface area contributed by atoms with Crippen LogP contribution in [0.3, 0.4) is 0 Å². The Morgan fingerprint density at radius 1 is 1.70 bits per heavy atom. The van der Waals surface area contributed by atoms with Gasteiger partial charge in [-0.05, 0) is 0 Å². The maximum Gasteiger partial charge on any atom is 0.148 e. The zero-order valence-corrected chi connectivity index (χ0v) is 5.79. The van der Waals surface area contributed by atoms with Crippen molar-refractivity contribution in [3.8, 4) is 0 Å². The van der Waals surface area contributed by atoms with Crippen LogP contribution in [0, 0.1) is 0 Å². The first kappa shape index (κ1) is 6.04. The number of hydrogen-bond donors (Lipinski definition) is 0. The van der Waals surface area contributed by atoms with Gasteiger partial charge in [0, 0.05) is 19.2 Å². The van der Waals surface area contributed by atoms with Gasteiger partial charge < -0.3 is 0 Å². The summed E-state index contributed by atoms with van der Waals surface area (Å²) in [6, 6.07) is 0.334. The van der Waals surface area contributed by atoms with Gasteiger partial charge in [0.15, 0.2) is 0 Å². The lowest BCUT2D eigenvalue weighted by Crippen LogP contribution is -2.36. The first-order valence-corrected chi connectivity index (χ1v) is 3.62. The third-order valence-corrected chi connectivity index (χ3v) is 2.08. The number of fused-ring (bicyclic) bond motifs is 1. The third-order valence-electron chi connectivity index (χ3n) is 2.08. The highest BCUT2D eigenvalue weighted by molar-refractivity contribution is 5.88. The second-order valence-electron chi connectivity index (χ2n) is 2.84. The monoisotopic (exact) mass is 138 g/mol. The van der Waals surface area contributed by atoms with Gasteiger partial charge in [0.1, 0.15) is 5.78 Å². The second-order valence-corrected chi connectivity index (χ2v) is 2.84. The van der Waals surface area contributed by atoms with Crippen LogP contribution >= 0.6 is 0 Å². The van der Waals surface area contributed by atoms with Crippen molar-refractivity contribution in [3.63, 3.8) is 0 Å². The van der Waals surface area contributed by atoms with E-state index in [-0.39, 0.29) is 0 Å². The number of Topliss-reactive ketones (excluding diaryl/α,β-unsaturated/α-hetero) is 1. The van der Waals surface area contributed by atoms with Crippen LogP contribution in [0.5, 0.6) is 0 Å². The summed E-state index contributed by atoms with van der Waals surface area (Å²) in [6.45, 7) is 2.48. The highest BCUT2D eigenvalue weighted by atomic mass is 16.1. The number of nitrogens with zero attached hydrogens (tertiary/aromatic N) is 2. The molecule has 0 aromatic heterocycles. The minimum absolute atomic E-state index is 0.334. The third kappa shape index (κ3) is 0.865. The number of carbonyl (C=O) groups excluding carboxylic acids is 1. The lowest BCUT2D eigenvalue weighted by Gasteiger charge is -2.22. The second kappa shape index (κ2) is 2.16. The van der Waals surface area contributed by atoms with Crippen LogP contribution < -0.4 is 0 Å². The predicted octanol–water partition coefficient (Wildman–Crippen LogP) is -0.286. The Labute approximate surface area is 59.7 Å². The molecule has 0 radical (unpaired) electrons. The lowest BCUT2D eigenvalue weighted by molar-refractivity contribution is -0.116. The van der Waals surface area contributed by atoms with Gasteiger partial charge in [0.2, 0.25) is 0 Å². The summed E-state index contributed by atoms with van der Waals surface area (Å²) >= 11 is 0. The standard InChI is InChI=1S/C7H10N2O/c10-7-3-6-4-8-1-2-9(6)5-7/h4,6H,1-3,5H2. The fraction of sp³-hybridized carbons (Fsp3) is 0.714. The number of aliphatic imine (C=N–C) groups is 1. The van der Waals surface area contributed by atoms with E-state index in [0.717, 1.165) is 13.1 Å². The average molecular weight is 138 g/mol. The molecule has 3 nitrogen and oxygen atoms in total. The molecule has 2 rings (SSSR count). The molecule has 0 amide bonds. The summed E-state index contributed by atoms with van der Waals surface area (Å²) in [6.07, 6.45) is 2.60. The molecule has 0 saturated carbocycles. The molecule has 0 aliphatic carbocycles. The van der Waals surface area contributed by atoms with E-state index in [1.807, 2.05) is 6.21 Å². The van der Waals surface area contributed by atoms with Gasteiger partial charge in [-0.1, -0.05) is 0 Å². The molecule has 10 heavy (non-hydrogen) atoms. The fourth-order valence-corrected chi connectivity index (χ4v) is 1.54. The van der Waals surface area contributed by atoms with Crippen molar-refractivity contribution in [3.05, 3.63) is 0 Å². The summed E-state index contributed by atoms with van der Waals surface area (Å²) < 4.78 is 0. The molecule has 2 aliphatic rings. The molecule has 2 heterocycles. The zero-order valence-electron chi connectivity index (χ0n) is 5.79. The van der Waals surface area contributed by atoms with Crippen molar-refractivity contribution in [1.29, 1.82) is 0 Å². The van der Waals surface area contributed by atoms with E-state index in [1.54, 1.807) is 0 Å². The van der Waals surface area contributed by atoms with Crippen LogP contribution in [0.15, 0.2) is 4.99 Å². The smallest absolute Gasteiger partial charge is 0.148 e. The minimum Gasteiger partial charge on any atom is -0.298 e. The predicted molar refractivity (Wildman–Crippen MR) is 38.3 cm³/mol. The number of rotatable bonds is 0. The Balaban J connectivity index is 2.15. The van der Waals surface area contributed by atoms with E-state index in [1.165, 1.54) is 0 Å². The van der Waals surface area contributed by atoms with E-state index < -0.39 is 0 Å². The molecule has 0 N–H and O–H groups in total. The van der Waals surface area contributed by atoms with Gasteiger partial charge in [-0.15, -0.1) is 0 Å². The molecular formula is C7H10N2O. The normalized spacial score (nSPS) is 32.8. The average Bonchev–Trinajstić information content (AvgIpc) is 2.27. The Bertz CT molecular complexity index is 188. The molecule has 0 spiro atoms. The molecule has 54 valence electrons. The Morgan fingerprint density at radius 2 is 2.60 bits per heavy atom. The highest BCUT2D eigenvalue weighted by Gasteiger charge is 2.29. The molecule has 1 atom stereocenters. The Hall–Kier alpha value is -0.700. The van der Waals surface area contributed by atoms with Crippen LogP contribution in [0.25, 0.3) is 0 Å².